The second kappa shape index (κ2) is 10.6. The lowest BCUT2D eigenvalue weighted by Gasteiger charge is -2.34. The molecular formula is C25H31N3O3S. The van der Waals surface area contributed by atoms with Gasteiger partial charge in [0.15, 0.2) is 0 Å². The lowest BCUT2D eigenvalue weighted by Crippen LogP contribution is -2.48. The van der Waals surface area contributed by atoms with Gasteiger partial charge in [-0.15, -0.1) is 6.58 Å². The zero-order chi connectivity index (χ0) is 23.3. The number of hydrogen-bond acceptors (Lipinski definition) is 7. The summed E-state index contributed by atoms with van der Waals surface area (Å²) in [6.07, 6.45) is 3.28. The van der Waals surface area contributed by atoms with Gasteiger partial charge in [0.25, 0.3) is 10.9 Å². The molecule has 2 N–H and O–H groups in total. The lowest BCUT2D eigenvalue weighted by molar-refractivity contribution is 0.293. The Balaban J connectivity index is 1.78. The van der Waals surface area contributed by atoms with Crippen molar-refractivity contribution < 1.29 is 5.11 Å². The van der Waals surface area contributed by atoms with Crippen LogP contribution >= 0.6 is 11.3 Å². The fourth-order valence-electron chi connectivity index (χ4n) is 3.86. The van der Waals surface area contributed by atoms with Crippen molar-refractivity contribution in [2.75, 3.05) is 37.4 Å². The first-order chi connectivity index (χ1) is 15.3. The number of benzene rings is 1. The van der Waals surface area contributed by atoms with E-state index in [-0.39, 0.29) is 17.8 Å². The molecule has 1 heterocycles. The summed E-state index contributed by atoms with van der Waals surface area (Å²) in [5, 5.41) is 17.0. The molecule has 7 heteroatoms. The van der Waals surface area contributed by atoms with Crippen LogP contribution in [0.4, 0.5) is 11.4 Å². The second-order valence-electron chi connectivity index (χ2n) is 8.44. The standard InChI is InChI=1S/C25H31N3O3S/c1-5-11-28(15-20(27(3)4)14-18-6-8-21(29)9-7-18)23-22(24(30)25(23)31)26-17(2)13-19-10-12-32-16-19/h5-10,12,16-17,20,26,29H,1,11,13-15H2,2-4H3/t17-,20+/m0/s1. The summed E-state index contributed by atoms with van der Waals surface area (Å²) in [7, 11) is 4.00. The summed E-state index contributed by atoms with van der Waals surface area (Å²) in [6.45, 7) is 6.90. The zero-order valence-corrected chi connectivity index (χ0v) is 19.7. The largest absolute Gasteiger partial charge is 0.508 e. The number of aromatic hydroxyl groups is 1. The predicted octanol–water partition coefficient (Wildman–Crippen LogP) is 3.26. The average Bonchev–Trinajstić information content (AvgIpc) is 3.26. The molecule has 0 aliphatic carbocycles. The number of phenolic OH excluding ortho intramolecular Hbond substituents is 1. The molecule has 2 atom stereocenters. The Bertz CT molecular complexity index is 1080. The van der Waals surface area contributed by atoms with Gasteiger partial charge in [0, 0.05) is 25.2 Å². The number of rotatable bonds is 12. The zero-order valence-electron chi connectivity index (χ0n) is 18.9. The van der Waals surface area contributed by atoms with Gasteiger partial charge in [-0.1, -0.05) is 18.2 Å². The first-order valence-corrected chi connectivity index (χ1v) is 11.7. The third kappa shape index (κ3) is 5.66. The average molecular weight is 454 g/mol. The van der Waals surface area contributed by atoms with Gasteiger partial charge in [0.2, 0.25) is 0 Å². The molecular weight excluding hydrogens is 422 g/mol. The summed E-state index contributed by atoms with van der Waals surface area (Å²) in [6, 6.07) is 9.36. The van der Waals surface area contributed by atoms with Crippen LogP contribution in [-0.4, -0.2) is 49.3 Å². The van der Waals surface area contributed by atoms with E-state index in [1.54, 1.807) is 29.5 Å². The number of hydrogen-bond donors (Lipinski definition) is 2. The molecule has 0 spiro atoms. The van der Waals surface area contributed by atoms with Crippen molar-refractivity contribution in [2.45, 2.75) is 31.8 Å². The van der Waals surface area contributed by atoms with E-state index in [0.717, 1.165) is 18.4 Å². The van der Waals surface area contributed by atoms with Crippen LogP contribution in [0.1, 0.15) is 18.1 Å². The van der Waals surface area contributed by atoms with Crippen molar-refractivity contribution in [3.63, 3.8) is 0 Å². The fraction of sp³-hybridized carbons (Fsp3) is 0.360. The first kappa shape index (κ1) is 23.8. The van der Waals surface area contributed by atoms with Gasteiger partial charge in [-0.3, -0.25) is 9.59 Å². The smallest absolute Gasteiger partial charge is 0.253 e. The minimum atomic E-state index is -0.453. The van der Waals surface area contributed by atoms with Crippen molar-refractivity contribution in [1.29, 1.82) is 0 Å². The minimum Gasteiger partial charge on any atom is -0.508 e. The molecule has 2 aromatic carbocycles. The highest BCUT2D eigenvalue weighted by molar-refractivity contribution is 7.07. The van der Waals surface area contributed by atoms with Gasteiger partial charge >= 0.3 is 0 Å². The quantitative estimate of drug-likeness (QED) is 0.324. The number of nitrogens with zero attached hydrogens (tertiary/aromatic N) is 2. The Morgan fingerprint density at radius 3 is 2.41 bits per heavy atom. The van der Waals surface area contributed by atoms with Crippen LogP contribution in [0.2, 0.25) is 0 Å². The maximum Gasteiger partial charge on any atom is 0.253 e. The van der Waals surface area contributed by atoms with E-state index in [1.807, 2.05) is 43.4 Å². The Morgan fingerprint density at radius 2 is 1.81 bits per heavy atom. The Morgan fingerprint density at radius 1 is 1.09 bits per heavy atom. The number of likely N-dealkylation sites (N-methyl/N-ethyl adjacent to an activating group) is 1. The van der Waals surface area contributed by atoms with Gasteiger partial charge in [-0.25, -0.2) is 0 Å². The minimum absolute atomic E-state index is 0.0267. The Labute approximate surface area is 193 Å². The molecule has 0 saturated heterocycles. The molecule has 0 bridgehead atoms. The van der Waals surface area contributed by atoms with Gasteiger partial charge in [0.1, 0.15) is 17.1 Å². The maximum absolute atomic E-state index is 12.6. The van der Waals surface area contributed by atoms with E-state index in [9.17, 15) is 14.7 Å². The number of anilines is 2. The first-order valence-electron chi connectivity index (χ1n) is 10.7. The predicted molar refractivity (Wildman–Crippen MR) is 134 cm³/mol. The van der Waals surface area contributed by atoms with Crippen LogP contribution in [0, 0.1) is 0 Å². The molecule has 32 heavy (non-hydrogen) atoms. The SMILES string of the molecule is C=CCN(C[C@@H](Cc1ccc(O)cc1)N(C)C)c1c(N[C@@H](C)Cc2ccsc2)c(=O)c1=O. The van der Waals surface area contributed by atoms with Crippen molar-refractivity contribution in [3.8, 4) is 5.75 Å². The van der Waals surface area contributed by atoms with Crippen molar-refractivity contribution in [3.05, 3.63) is 85.3 Å². The highest BCUT2D eigenvalue weighted by Gasteiger charge is 2.28. The van der Waals surface area contributed by atoms with Gasteiger partial charge in [-0.2, -0.15) is 11.3 Å². The Kier molecular flexibility index (Phi) is 7.88. The van der Waals surface area contributed by atoms with Crippen LogP contribution in [0.15, 0.2) is 63.3 Å². The van der Waals surface area contributed by atoms with Crippen LogP contribution < -0.4 is 21.1 Å². The molecule has 0 saturated carbocycles. The molecule has 0 fully saturated rings. The van der Waals surface area contributed by atoms with Crippen LogP contribution in [0.25, 0.3) is 0 Å². The van der Waals surface area contributed by atoms with Crippen molar-refractivity contribution in [2.24, 2.45) is 0 Å². The molecule has 0 unspecified atom stereocenters. The summed E-state index contributed by atoms with van der Waals surface area (Å²) in [5.74, 6) is 0.236. The van der Waals surface area contributed by atoms with Crippen molar-refractivity contribution in [1.82, 2.24) is 4.90 Å². The second-order valence-corrected chi connectivity index (χ2v) is 9.22. The van der Waals surface area contributed by atoms with Crippen LogP contribution in [-0.2, 0) is 12.8 Å². The lowest BCUT2D eigenvalue weighted by atomic mass is 10.0. The van der Waals surface area contributed by atoms with E-state index < -0.39 is 10.9 Å². The van der Waals surface area contributed by atoms with E-state index >= 15 is 0 Å². The summed E-state index contributed by atoms with van der Waals surface area (Å²) >= 11 is 1.65. The molecule has 6 nitrogen and oxygen atoms in total. The van der Waals surface area contributed by atoms with Crippen LogP contribution in [0.5, 0.6) is 5.75 Å². The third-order valence-electron chi connectivity index (χ3n) is 5.63. The fourth-order valence-corrected chi connectivity index (χ4v) is 4.54. The molecule has 1 aromatic heterocycles. The van der Waals surface area contributed by atoms with Gasteiger partial charge < -0.3 is 20.2 Å². The van der Waals surface area contributed by atoms with Gasteiger partial charge in [0.05, 0.1) is 0 Å². The summed E-state index contributed by atoms with van der Waals surface area (Å²) < 4.78 is 0. The Hall–Kier alpha value is -2.90. The third-order valence-corrected chi connectivity index (χ3v) is 6.36. The molecule has 3 aromatic rings. The molecule has 3 rings (SSSR count). The highest BCUT2D eigenvalue weighted by Crippen LogP contribution is 2.24. The monoisotopic (exact) mass is 453 g/mol. The molecule has 0 radical (unpaired) electrons. The van der Waals surface area contributed by atoms with E-state index in [0.29, 0.717) is 24.5 Å². The number of phenols is 1. The molecule has 0 aliphatic heterocycles. The molecule has 0 aliphatic rings. The van der Waals surface area contributed by atoms with E-state index in [1.165, 1.54) is 5.56 Å². The normalized spacial score (nSPS) is 13.2. The summed E-state index contributed by atoms with van der Waals surface area (Å²) in [5.41, 5.74) is 2.25. The molecule has 0 amide bonds. The topological polar surface area (TPSA) is 72.9 Å². The van der Waals surface area contributed by atoms with Gasteiger partial charge in [-0.05, 0) is 73.9 Å². The van der Waals surface area contributed by atoms with Crippen molar-refractivity contribution >= 4 is 22.7 Å². The number of nitrogens with one attached hydrogen (secondary N) is 1. The van der Waals surface area contributed by atoms with E-state index in [4.69, 9.17) is 0 Å². The van der Waals surface area contributed by atoms with E-state index in [2.05, 4.69) is 28.2 Å². The summed E-state index contributed by atoms with van der Waals surface area (Å²) in [4.78, 5) is 29.0. The highest BCUT2D eigenvalue weighted by atomic mass is 32.1. The number of thiophene rings is 1. The molecule has 170 valence electrons. The maximum atomic E-state index is 12.6. The van der Waals surface area contributed by atoms with Crippen LogP contribution in [0.3, 0.4) is 0 Å².